The lowest BCUT2D eigenvalue weighted by Gasteiger charge is -2.27. The number of H-pyrrole nitrogens is 2. The first-order valence-electron chi connectivity index (χ1n) is 16.7. The number of carbonyl (C=O) groups is 2. The van der Waals surface area contributed by atoms with Gasteiger partial charge >= 0.3 is 12.2 Å². The molecule has 2 unspecified atom stereocenters. The first-order chi connectivity index (χ1) is 22.7. The van der Waals surface area contributed by atoms with Gasteiger partial charge in [-0.25, -0.2) is 19.6 Å². The Morgan fingerprint density at radius 2 is 1.12 bits per heavy atom. The number of fused-ring (bicyclic) bond motifs is 2. The number of benzene rings is 1. The first-order valence-corrected chi connectivity index (χ1v) is 18.4. The Morgan fingerprint density at radius 3 is 1.50 bits per heavy atom. The van der Waals surface area contributed by atoms with Gasteiger partial charge in [0.2, 0.25) is 0 Å². The molecule has 12 heteroatoms. The Hall–Kier alpha value is -3.90. The van der Waals surface area contributed by atoms with Crippen molar-refractivity contribution in [3.63, 3.8) is 0 Å². The Labute approximate surface area is 288 Å². The number of nitrogens with one attached hydrogen (secondary N) is 2. The quantitative estimate of drug-likeness (QED) is 0.194. The highest BCUT2D eigenvalue weighted by Crippen LogP contribution is 2.45. The Kier molecular flexibility index (Phi) is 8.10. The minimum Gasteiger partial charge on any atom is -0.444 e. The molecule has 2 atom stereocenters. The lowest BCUT2D eigenvalue weighted by Crippen LogP contribution is -2.36. The third-order valence-electron chi connectivity index (χ3n) is 9.07. The standard InChI is InChI=1S/C36H44N6O4S2/c1-19-21-15-27(23-17-37-31(39-23)25-11-9-13-41(25)33(43)45-35(3,4)5)48-30(21)20(2)22-16-28(47-29(19)22)24-18-38-32(40-24)26-12-10-14-42(26)34(44)46-36(6,7)8/h15-18,25-26H,9-14H2,1-8H3,(H,37,39)(H,38,40). The largest absolute Gasteiger partial charge is 0.444 e. The van der Waals surface area contributed by atoms with Gasteiger partial charge in [-0.15, -0.1) is 22.7 Å². The van der Waals surface area contributed by atoms with E-state index in [0.29, 0.717) is 13.1 Å². The van der Waals surface area contributed by atoms with E-state index in [1.54, 1.807) is 32.5 Å². The molecule has 2 N–H and O–H groups in total. The number of likely N-dealkylation sites (tertiary alicyclic amines) is 2. The summed E-state index contributed by atoms with van der Waals surface area (Å²) >= 11 is 3.54. The van der Waals surface area contributed by atoms with Crippen molar-refractivity contribution in [2.75, 3.05) is 13.1 Å². The topological polar surface area (TPSA) is 116 Å². The van der Waals surface area contributed by atoms with Gasteiger partial charge in [0.25, 0.3) is 0 Å². The van der Waals surface area contributed by atoms with Crippen LogP contribution >= 0.6 is 22.7 Å². The van der Waals surface area contributed by atoms with Gasteiger partial charge in [-0.1, -0.05) is 0 Å². The van der Waals surface area contributed by atoms with Crippen LogP contribution in [0.2, 0.25) is 0 Å². The summed E-state index contributed by atoms with van der Waals surface area (Å²) in [6, 6.07) is 4.29. The molecule has 2 aliphatic heterocycles. The zero-order chi connectivity index (χ0) is 34.1. The third kappa shape index (κ3) is 6.09. The second-order valence-electron chi connectivity index (χ2n) is 15.0. The minimum atomic E-state index is -0.540. The molecule has 5 aromatic rings. The Morgan fingerprint density at radius 1 is 0.729 bits per heavy atom. The van der Waals surface area contributed by atoms with Gasteiger partial charge in [-0.05, 0) is 115 Å². The van der Waals surface area contributed by atoms with Gasteiger partial charge < -0.3 is 19.4 Å². The molecule has 0 saturated carbocycles. The van der Waals surface area contributed by atoms with E-state index in [-0.39, 0.29) is 24.3 Å². The van der Waals surface area contributed by atoms with E-state index in [1.165, 1.54) is 31.3 Å². The zero-order valence-electron chi connectivity index (χ0n) is 28.9. The van der Waals surface area contributed by atoms with Gasteiger partial charge in [-0.3, -0.25) is 9.80 Å². The van der Waals surface area contributed by atoms with E-state index >= 15 is 0 Å². The maximum absolute atomic E-state index is 12.9. The van der Waals surface area contributed by atoms with Gasteiger partial charge in [0.05, 0.1) is 45.6 Å². The smallest absolute Gasteiger partial charge is 0.410 e. The fourth-order valence-electron chi connectivity index (χ4n) is 6.85. The molecule has 2 aliphatic rings. The summed E-state index contributed by atoms with van der Waals surface area (Å²) in [6.07, 6.45) is 6.76. The molecule has 0 bridgehead atoms. The van der Waals surface area contributed by atoms with Gasteiger partial charge in [0.1, 0.15) is 22.9 Å². The van der Waals surface area contributed by atoms with Crippen molar-refractivity contribution in [2.45, 2.75) is 104 Å². The van der Waals surface area contributed by atoms with Crippen LogP contribution in [0, 0.1) is 13.8 Å². The lowest BCUT2D eigenvalue weighted by molar-refractivity contribution is 0.0208. The molecule has 0 radical (unpaired) electrons. The summed E-state index contributed by atoms with van der Waals surface area (Å²) in [7, 11) is 0. The molecule has 6 heterocycles. The van der Waals surface area contributed by atoms with Gasteiger partial charge in [-0.2, -0.15) is 0 Å². The van der Waals surface area contributed by atoms with E-state index in [0.717, 1.165) is 58.5 Å². The minimum absolute atomic E-state index is 0.118. The molecule has 1 aromatic carbocycles. The monoisotopic (exact) mass is 688 g/mol. The van der Waals surface area contributed by atoms with E-state index in [9.17, 15) is 9.59 Å². The predicted molar refractivity (Wildman–Crippen MR) is 192 cm³/mol. The normalized spacial score (nSPS) is 18.8. The van der Waals surface area contributed by atoms with Crippen LogP contribution in [0.25, 0.3) is 41.3 Å². The number of aromatic amines is 2. The maximum atomic E-state index is 12.9. The number of imidazole rings is 2. The number of nitrogens with zero attached hydrogens (tertiary/aromatic N) is 4. The van der Waals surface area contributed by atoms with Crippen LogP contribution in [-0.2, 0) is 9.47 Å². The van der Waals surface area contributed by atoms with E-state index in [1.807, 2.05) is 53.9 Å². The number of ether oxygens (including phenoxy) is 2. The maximum Gasteiger partial charge on any atom is 0.410 e. The highest BCUT2D eigenvalue weighted by Gasteiger charge is 2.36. The number of aryl methyl sites for hydroxylation is 2. The molecule has 0 spiro atoms. The fraction of sp³-hybridized carbons (Fsp3) is 0.500. The Bertz CT molecular complexity index is 1830. The molecular weight excluding hydrogens is 645 g/mol. The van der Waals surface area contributed by atoms with Crippen molar-refractivity contribution in [3.05, 3.63) is 47.3 Å². The van der Waals surface area contributed by atoms with Crippen molar-refractivity contribution in [1.29, 1.82) is 0 Å². The summed E-state index contributed by atoms with van der Waals surface area (Å²) in [4.78, 5) is 48.2. The molecular formula is C36H44N6O4S2. The number of amides is 2. The highest BCUT2D eigenvalue weighted by molar-refractivity contribution is 7.24. The molecule has 2 saturated heterocycles. The molecule has 10 nitrogen and oxygen atoms in total. The molecule has 48 heavy (non-hydrogen) atoms. The number of carbonyl (C=O) groups excluding carboxylic acids is 2. The molecule has 254 valence electrons. The average molecular weight is 689 g/mol. The van der Waals surface area contributed by atoms with E-state index in [4.69, 9.17) is 19.4 Å². The van der Waals surface area contributed by atoms with E-state index in [2.05, 4.69) is 35.9 Å². The van der Waals surface area contributed by atoms with Crippen LogP contribution in [0.5, 0.6) is 0 Å². The van der Waals surface area contributed by atoms with Crippen molar-refractivity contribution in [2.24, 2.45) is 0 Å². The summed E-state index contributed by atoms with van der Waals surface area (Å²) < 4.78 is 13.9. The van der Waals surface area contributed by atoms with Crippen LogP contribution in [-0.4, -0.2) is 66.2 Å². The zero-order valence-corrected chi connectivity index (χ0v) is 30.6. The fourth-order valence-corrected chi connectivity index (χ4v) is 9.24. The highest BCUT2D eigenvalue weighted by atomic mass is 32.1. The number of hydrogen-bond donors (Lipinski definition) is 2. The van der Waals surface area contributed by atoms with Crippen molar-refractivity contribution in [3.8, 4) is 21.1 Å². The van der Waals surface area contributed by atoms with Crippen LogP contribution in [0.15, 0.2) is 24.5 Å². The van der Waals surface area contributed by atoms with Crippen molar-refractivity contribution in [1.82, 2.24) is 29.7 Å². The molecule has 0 aliphatic carbocycles. The van der Waals surface area contributed by atoms with Crippen molar-refractivity contribution >= 4 is 55.0 Å². The molecule has 2 amide bonds. The molecule has 7 rings (SSSR count). The van der Waals surface area contributed by atoms with Crippen molar-refractivity contribution < 1.29 is 19.1 Å². The van der Waals surface area contributed by atoms with Gasteiger partial charge in [0.15, 0.2) is 0 Å². The second-order valence-corrected chi connectivity index (χ2v) is 17.1. The van der Waals surface area contributed by atoms with E-state index < -0.39 is 11.2 Å². The number of aromatic nitrogens is 4. The predicted octanol–water partition coefficient (Wildman–Crippen LogP) is 9.66. The third-order valence-corrected chi connectivity index (χ3v) is 11.6. The average Bonchev–Trinajstić information content (AvgIpc) is 3.85. The molecule has 4 aromatic heterocycles. The summed E-state index contributed by atoms with van der Waals surface area (Å²) in [5.41, 5.74) is 3.35. The number of hydrogen-bond acceptors (Lipinski definition) is 8. The van der Waals surface area contributed by atoms with Gasteiger partial charge in [0, 0.05) is 22.5 Å². The van der Waals surface area contributed by atoms with Crippen LogP contribution in [0.3, 0.4) is 0 Å². The molecule has 2 fully saturated rings. The first kappa shape index (κ1) is 32.6. The Balaban J connectivity index is 1.15. The van der Waals surface area contributed by atoms with Crippen LogP contribution in [0.1, 0.15) is 102 Å². The number of thiophene rings is 2. The number of rotatable bonds is 4. The SMILES string of the molecule is Cc1c2cc(-c3cnc(C4CCCN4C(=O)OC(C)(C)C)[nH]3)sc2c(C)c2cc(-c3cnc(C4CCCN4C(=O)OC(C)(C)C)[nH]3)sc12. The lowest BCUT2D eigenvalue weighted by atomic mass is 10.0. The summed E-state index contributed by atoms with van der Waals surface area (Å²) in [6.45, 7) is 17.1. The van der Waals surface area contributed by atoms with Crippen LogP contribution in [0.4, 0.5) is 9.59 Å². The second kappa shape index (κ2) is 11.9. The summed E-state index contributed by atoms with van der Waals surface area (Å²) in [5, 5.41) is 2.48. The van der Waals surface area contributed by atoms with Crippen LogP contribution < -0.4 is 0 Å². The summed E-state index contributed by atoms with van der Waals surface area (Å²) in [5.74, 6) is 1.60.